The summed E-state index contributed by atoms with van der Waals surface area (Å²) in [5.41, 5.74) is 2.00. The van der Waals surface area contributed by atoms with Crippen molar-refractivity contribution in [3.63, 3.8) is 0 Å². The third kappa shape index (κ3) is 4.63. The Kier molecular flexibility index (Phi) is 5.96. The van der Waals surface area contributed by atoms with Crippen LogP contribution in [0.25, 0.3) is 10.6 Å². The van der Waals surface area contributed by atoms with Crippen LogP contribution in [0, 0.1) is 0 Å². The molecule has 1 atom stereocenters. The van der Waals surface area contributed by atoms with Crippen LogP contribution in [-0.4, -0.2) is 48.8 Å². The van der Waals surface area contributed by atoms with Gasteiger partial charge >= 0.3 is 0 Å². The lowest BCUT2D eigenvalue weighted by Gasteiger charge is -2.17. The lowest BCUT2D eigenvalue weighted by molar-refractivity contribution is -0.136. The monoisotopic (exact) mass is 346 g/mol. The van der Waals surface area contributed by atoms with Crippen molar-refractivity contribution in [2.75, 3.05) is 26.9 Å². The predicted octanol–water partition coefficient (Wildman–Crippen LogP) is 2.96. The van der Waals surface area contributed by atoms with E-state index in [1.54, 1.807) is 23.3 Å². The largest absolute Gasteiger partial charge is 0.376 e. The zero-order chi connectivity index (χ0) is 16.8. The first-order chi connectivity index (χ1) is 11.7. The Bertz CT molecular complexity index is 653. The van der Waals surface area contributed by atoms with Crippen LogP contribution in [0.2, 0.25) is 0 Å². The molecule has 3 rings (SSSR count). The van der Waals surface area contributed by atoms with Crippen LogP contribution in [0.5, 0.6) is 0 Å². The number of aromatic nitrogens is 1. The molecule has 6 heteroatoms. The summed E-state index contributed by atoms with van der Waals surface area (Å²) >= 11 is 1.59. The summed E-state index contributed by atoms with van der Waals surface area (Å²) in [4.78, 5) is 18.4. The smallest absolute Gasteiger partial charge is 0.248 e. The van der Waals surface area contributed by atoms with E-state index in [2.05, 4.69) is 4.98 Å². The minimum Gasteiger partial charge on any atom is -0.376 e. The molecule has 2 heterocycles. The molecule has 1 aromatic heterocycles. The Balaban J connectivity index is 1.46. The van der Waals surface area contributed by atoms with E-state index in [1.807, 2.05) is 35.7 Å². The highest BCUT2D eigenvalue weighted by molar-refractivity contribution is 7.13. The van der Waals surface area contributed by atoms with Crippen molar-refractivity contribution in [1.29, 1.82) is 0 Å². The van der Waals surface area contributed by atoms with E-state index in [0.29, 0.717) is 13.2 Å². The maximum absolute atomic E-state index is 12.1. The van der Waals surface area contributed by atoms with Gasteiger partial charge in [0.15, 0.2) is 0 Å². The van der Waals surface area contributed by atoms with E-state index >= 15 is 0 Å². The molecule has 1 aromatic carbocycles. The first kappa shape index (κ1) is 17.1. The summed E-state index contributed by atoms with van der Waals surface area (Å²) in [5.74, 6) is -0.0396. The topological polar surface area (TPSA) is 51.7 Å². The van der Waals surface area contributed by atoms with Gasteiger partial charge in [0.05, 0.1) is 24.9 Å². The fraction of sp³-hybridized carbons (Fsp3) is 0.444. The van der Waals surface area contributed by atoms with Gasteiger partial charge in [0, 0.05) is 24.6 Å². The van der Waals surface area contributed by atoms with Gasteiger partial charge < -0.3 is 14.4 Å². The lowest BCUT2D eigenvalue weighted by Crippen LogP contribution is -2.31. The number of ether oxygens (including phenoxy) is 2. The highest BCUT2D eigenvalue weighted by Gasteiger charge is 2.17. The molecule has 0 N–H and O–H groups in total. The SMILES string of the molecule is CN(Cc1csc(-c2ccccc2)n1)C(=O)COC[C@H]1CCCO1. The summed E-state index contributed by atoms with van der Waals surface area (Å²) in [6.07, 6.45) is 2.25. The van der Waals surface area contributed by atoms with E-state index in [-0.39, 0.29) is 18.6 Å². The average molecular weight is 346 g/mol. The molecule has 0 aliphatic carbocycles. The first-order valence-corrected chi connectivity index (χ1v) is 9.03. The van der Waals surface area contributed by atoms with Gasteiger partial charge in [0.2, 0.25) is 5.91 Å². The van der Waals surface area contributed by atoms with E-state index in [9.17, 15) is 4.79 Å². The van der Waals surface area contributed by atoms with E-state index < -0.39 is 0 Å². The highest BCUT2D eigenvalue weighted by atomic mass is 32.1. The highest BCUT2D eigenvalue weighted by Crippen LogP contribution is 2.23. The van der Waals surface area contributed by atoms with Gasteiger partial charge in [-0.15, -0.1) is 11.3 Å². The third-order valence-corrected chi connectivity index (χ3v) is 4.89. The minimum atomic E-state index is -0.0396. The molecular formula is C18H22N2O3S. The molecule has 5 nitrogen and oxygen atoms in total. The normalized spacial score (nSPS) is 17.1. The maximum Gasteiger partial charge on any atom is 0.248 e. The summed E-state index contributed by atoms with van der Waals surface area (Å²) in [6, 6.07) is 10.1. The van der Waals surface area contributed by atoms with Gasteiger partial charge in [-0.1, -0.05) is 30.3 Å². The molecular weight excluding hydrogens is 324 g/mol. The van der Waals surface area contributed by atoms with Crippen LogP contribution in [0.1, 0.15) is 18.5 Å². The number of likely N-dealkylation sites (N-methyl/N-ethyl adjacent to an activating group) is 1. The van der Waals surface area contributed by atoms with E-state index in [1.165, 1.54) is 0 Å². The maximum atomic E-state index is 12.1. The molecule has 0 radical (unpaired) electrons. The van der Waals surface area contributed by atoms with Gasteiger partial charge in [0.25, 0.3) is 0 Å². The number of hydrogen-bond donors (Lipinski definition) is 0. The van der Waals surface area contributed by atoms with Crippen LogP contribution in [0.15, 0.2) is 35.7 Å². The Morgan fingerprint density at radius 2 is 2.25 bits per heavy atom. The van der Waals surface area contributed by atoms with Gasteiger partial charge in [-0.25, -0.2) is 4.98 Å². The Morgan fingerprint density at radius 3 is 3.00 bits per heavy atom. The van der Waals surface area contributed by atoms with Crippen molar-refractivity contribution in [1.82, 2.24) is 9.88 Å². The van der Waals surface area contributed by atoms with Gasteiger partial charge in [0.1, 0.15) is 11.6 Å². The van der Waals surface area contributed by atoms with Crippen molar-refractivity contribution < 1.29 is 14.3 Å². The van der Waals surface area contributed by atoms with Gasteiger partial charge in [-0.05, 0) is 12.8 Å². The summed E-state index contributed by atoms with van der Waals surface area (Å²) in [5, 5.41) is 2.97. The van der Waals surface area contributed by atoms with Crippen molar-refractivity contribution in [2.24, 2.45) is 0 Å². The van der Waals surface area contributed by atoms with Gasteiger partial charge in [-0.2, -0.15) is 0 Å². The van der Waals surface area contributed by atoms with Crippen LogP contribution >= 0.6 is 11.3 Å². The molecule has 1 aliphatic rings. The molecule has 1 saturated heterocycles. The number of carbonyl (C=O) groups excluding carboxylic acids is 1. The molecule has 24 heavy (non-hydrogen) atoms. The molecule has 128 valence electrons. The van der Waals surface area contributed by atoms with Crippen molar-refractivity contribution >= 4 is 17.2 Å². The summed E-state index contributed by atoms with van der Waals surface area (Å²) in [6.45, 7) is 1.88. The number of benzene rings is 1. The molecule has 0 spiro atoms. The van der Waals surface area contributed by atoms with Crippen LogP contribution < -0.4 is 0 Å². The molecule has 1 amide bonds. The standard InChI is InChI=1S/C18H22N2O3S/c1-20(17(21)12-22-11-16-8-5-9-23-16)10-15-13-24-18(19-15)14-6-3-2-4-7-14/h2-4,6-7,13,16H,5,8-12H2,1H3/t16-/m1/s1. The van der Waals surface area contributed by atoms with Crippen molar-refractivity contribution in [3.05, 3.63) is 41.4 Å². The minimum absolute atomic E-state index is 0.0396. The quantitative estimate of drug-likeness (QED) is 0.773. The second-order valence-electron chi connectivity index (χ2n) is 5.91. The Labute approximate surface area is 146 Å². The predicted molar refractivity (Wildman–Crippen MR) is 93.8 cm³/mol. The molecule has 0 saturated carbocycles. The number of thiazole rings is 1. The number of carbonyl (C=O) groups is 1. The molecule has 0 unspecified atom stereocenters. The van der Waals surface area contributed by atoms with Gasteiger partial charge in [-0.3, -0.25) is 4.79 Å². The van der Waals surface area contributed by atoms with E-state index in [4.69, 9.17) is 9.47 Å². The first-order valence-electron chi connectivity index (χ1n) is 8.15. The van der Waals surface area contributed by atoms with Crippen LogP contribution in [-0.2, 0) is 20.8 Å². The fourth-order valence-electron chi connectivity index (χ4n) is 2.59. The summed E-state index contributed by atoms with van der Waals surface area (Å²) in [7, 11) is 1.78. The number of rotatable bonds is 7. The van der Waals surface area contributed by atoms with Crippen molar-refractivity contribution in [2.45, 2.75) is 25.5 Å². The third-order valence-electron chi connectivity index (χ3n) is 3.95. The summed E-state index contributed by atoms with van der Waals surface area (Å²) < 4.78 is 11.0. The fourth-order valence-corrected chi connectivity index (χ4v) is 3.40. The number of hydrogen-bond acceptors (Lipinski definition) is 5. The molecule has 1 aliphatic heterocycles. The zero-order valence-electron chi connectivity index (χ0n) is 13.8. The average Bonchev–Trinajstić information content (AvgIpc) is 3.27. The Morgan fingerprint density at radius 1 is 1.42 bits per heavy atom. The van der Waals surface area contributed by atoms with Crippen molar-refractivity contribution in [3.8, 4) is 10.6 Å². The number of nitrogens with zero attached hydrogens (tertiary/aromatic N) is 2. The van der Waals surface area contributed by atoms with Crippen LogP contribution in [0.4, 0.5) is 0 Å². The van der Waals surface area contributed by atoms with E-state index in [0.717, 1.165) is 35.7 Å². The molecule has 0 bridgehead atoms. The second kappa shape index (κ2) is 8.37. The molecule has 1 fully saturated rings. The number of amides is 1. The second-order valence-corrected chi connectivity index (χ2v) is 6.77. The molecule has 2 aromatic rings. The zero-order valence-corrected chi connectivity index (χ0v) is 14.6. The Hall–Kier alpha value is -1.76. The lowest BCUT2D eigenvalue weighted by atomic mass is 10.2. The van der Waals surface area contributed by atoms with Crippen LogP contribution in [0.3, 0.4) is 0 Å².